The van der Waals surface area contributed by atoms with Gasteiger partial charge in [0.2, 0.25) is 10.0 Å². The molecule has 1 unspecified atom stereocenters. The standard InChI is InChI=1S/C19H20ClN3O4S.Na.H/c20-16-6-2-14(3-7-16)18-12-19(23-22-18,13-27-11-1-10-24)15-4-8-17(9-5-15)28(21,25)26;;/h2-9,12,24H,1,10-11,13H2,(H2,21,25,26);;. The topological polar surface area (TPSA) is 114 Å². The summed E-state index contributed by atoms with van der Waals surface area (Å²) in [7, 11) is -3.79. The summed E-state index contributed by atoms with van der Waals surface area (Å²) in [4.78, 5) is 0.0180. The Balaban J connectivity index is 0.00000300. The van der Waals surface area contributed by atoms with E-state index in [9.17, 15) is 8.42 Å². The number of azo groups is 1. The van der Waals surface area contributed by atoms with E-state index in [4.69, 9.17) is 26.6 Å². The fraction of sp³-hybridized carbons (Fsp3) is 0.263. The van der Waals surface area contributed by atoms with Crippen LogP contribution >= 0.6 is 11.6 Å². The van der Waals surface area contributed by atoms with Crippen molar-refractivity contribution >= 4 is 56.9 Å². The molecule has 0 spiro atoms. The van der Waals surface area contributed by atoms with Crippen LogP contribution in [-0.4, -0.2) is 62.9 Å². The number of nitrogens with two attached hydrogens (primary N) is 1. The number of primary sulfonamides is 1. The summed E-state index contributed by atoms with van der Waals surface area (Å²) in [5, 5.41) is 23.5. The van der Waals surface area contributed by atoms with Crippen LogP contribution in [-0.2, 0) is 20.3 Å². The van der Waals surface area contributed by atoms with Crippen LogP contribution in [0.1, 0.15) is 17.5 Å². The Morgan fingerprint density at radius 2 is 1.76 bits per heavy atom. The Bertz CT molecular complexity index is 995. The summed E-state index contributed by atoms with van der Waals surface area (Å²) >= 11 is 5.95. The van der Waals surface area contributed by atoms with Crippen molar-refractivity contribution in [1.82, 2.24) is 0 Å². The molecule has 0 radical (unpaired) electrons. The van der Waals surface area contributed by atoms with Crippen LogP contribution in [0, 0.1) is 0 Å². The van der Waals surface area contributed by atoms with E-state index < -0.39 is 15.6 Å². The number of sulfonamides is 1. The van der Waals surface area contributed by atoms with Gasteiger partial charge in [0.15, 0.2) is 5.54 Å². The molecule has 29 heavy (non-hydrogen) atoms. The number of halogens is 1. The number of hydrogen-bond acceptors (Lipinski definition) is 6. The van der Waals surface area contributed by atoms with Gasteiger partial charge in [-0.25, -0.2) is 13.6 Å². The zero-order valence-electron chi connectivity index (χ0n) is 15.0. The fourth-order valence-corrected chi connectivity index (χ4v) is 3.45. The molecule has 7 nitrogen and oxygen atoms in total. The molecule has 1 aliphatic heterocycles. The Morgan fingerprint density at radius 1 is 1.10 bits per heavy atom. The summed E-state index contributed by atoms with van der Waals surface area (Å²) in [6.07, 6.45) is 2.38. The van der Waals surface area contributed by atoms with Crippen LogP contribution in [0.2, 0.25) is 5.02 Å². The number of benzene rings is 2. The van der Waals surface area contributed by atoms with Gasteiger partial charge in [0.1, 0.15) is 0 Å². The summed E-state index contributed by atoms with van der Waals surface area (Å²) in [6, 6.07) is 13.4. The van der Waals surface area contributed by atoms with Gasteiger partial charge < -0.3 is 9.84 Å². The first-order valence-electron chi connectivity index (χ1n) is 8.58. The zero-order valence-corrected chi connectivity index (χ0v) is 16.5. The predicted molar refractivity (Wildman–Crippen MR) is 113 cm³/mol. The molecule has 1 heterocycles. The molecule has 3 rings (SSSR count). The van der Waals surface area contributed by atoms with Crippen LogP contribution in [0.3, 0.4) is 0 Å². The van der Waals surface area contributed by atoms with Gasteiger partial charge in [-0.15, -0.1) is 0 Å². The molecule has 0 fully saturated rings. The quantitative estimate of drug-likeness (QED) is 0.479. The summed E-state index contributed by atoms with van der Waals surface area (Å²) in [5.74, 6) is 0. The van der Waals surface area contributed by atoms with Crippen molar-refractivity contribution in [3.8, 4) is 0 Å². The number of ether oxygens (including phenoxy) is 1. The zero-order chi connectivity index (χ0) is 20.2. The summed E-state index contributed by atoms with van der Waals surface area (Å²) in [6.45, 7) is 0.596. The van der Waals surface area contributed by atoms with Crippen molar-refractivity contribution in [2.45, 2.75) is 16.9 Å². The average Bonchev–Trinajstić information content (AvgIpc) is 3.11. The average molecular weight is 446 g/mol. The second kappa shape index (κ2) is 10.3. The third-order valence-electron chi connectivity index (χ3n) is 4.30. The Morgan fingerprint density at radius 3 is 2.34 bits per heavy atom. The van der Waals surface area contributed by atoms with Crippen LogP contribution in [0.25, 0.3) is 5.70 Å². The van der Waals surface area contributed by atoms with Crippen molar-refractivity contribution in [1.29, 1.82) is 0 Å². The van der Waals surface area contributed by atoms with E-state index in [-0.39, 0.29) is 47.7 Å². The molecule has 1 aliphatic rings. The van der Waals surface area contributed by atoms with E-state index in [0.29, 0.717) is 23.7 Å². The third kappa shape index (κ3) is 5.96. The predicted octanol–water partition coefficient (Wildman–Crippen LogP) is 2.44. The number of rotatable bonds is 8. The van der Waals surface area contributed by atoms with E-state index in [0.717, 1.165) is 11.1 Å². The van der Waals surface area contributed by atoms with Gasteiger partial charge >= 0.3 is 29.6 Å². The molecule has 2 aromatic rings. The molecular weight excluding hydrogens is 425 g/mol. The summed E-state index contributed by atoms with van der Waals surface area (Å²) < 4.78 is 28.7. The Labute approximate surface area is 197 Å². The fourth-order valence-electron chi connectivity index (χ4n) is 2.81. The SMILES string of the molecule is NS(=O)(=O)c1ccc(C2(COCCCO)C=C(c3ccc(Cl)cc3)N=N2)cc1.[NaH]. The number of nitrogens with zero attached hydrogens (tertiary/aromatic N) is 2. The van der Waals surface area contributed by atoms with Gasteiger partial charge in [0.25, 0.3) is 0 Å². The Kier molecular flexibility index (Phi) is 8.57. The molecule has 1 atom stereocenters. The number of aliphatic hydroxyl groups excluding tert-OH is 1. The van der Waals surface area contributed by atoms with Crippen LogP contribution in [0.4, 0.5) is 0 Å². The van der Waals surface area contributed by atoms with E-state index in [2.05, 4.69) is 10.2 Å². The van der Waals surface area contributed by atoms with Gasteiger partial charge in [-0.3, -0.25) is 0 Å². The second-order valence-electron chi connectivity index (χ2n) is 6.36. The first-order valence-corrected chi connectivity index (χ1v) is 10.5. The van der Waals surface area contributed by atoms with E-state index in [1.54, 1.807) is 24.3 Å². The molecular formula is C19H21ClN3NaO4S. The minimum atomic E-state index is -3.79. The van der Waals surface area contributed by atoms with Gasteiger partial charge in [0, 0.05) is 23.8 Å². The van der Waals surface area contributed by atoms with E-state index >= 15 is 0 Å². The molecule has 0 bridgehead atoms. The van der Waals surface area contributed by atoms with Crippen molar-refractivity contribution in [3.05, 3.63) is 70.8 Å². The monoisotopic (exact) mass is 445 g/mol. The normalized spacial score (nSPS) is 18.4. The third-order valence-corrected chi connectivity index (χ3v) is 5.48. The maximum atomic E-state index is 11.5. The van der Waals surface area contributed by atoms with Crippen molar-refractivity contribution in [2.75, 3.05) is 19.8 Å². The molecule has 150 valence electrons. The van der Waals surface area contributed by atoms with Crippen molar-refractivity contribution in [2.24, 2.45) is 15.4 Å². The van der Waals surface area contributed by atoms with Gasteiger partial charge in [-0.05, 0) is 42.3 Å². The van der Waals surface area contributed by atoms with Crippen LogP contribution in [0.15, 0.2) is 69.7 Å². The number of hydrogen-bond donors (Lipinski definition) is 2. The Hall–Kier alpha value is -1.10. The molecule has 0 aliphatic carbocycles. The van der Waals surface area contributed by atoms with E-state index in [1.807, 2.05) is 18.2 Å². The first kappa shape index (κ1) is 24.2. The van der Waals surface area contributed by atoms with Gasteiger partial charge in [-0.2, -0.15) is 10.2 Å². The molecule has 0 amide bonds. The summed E-state index contributed by atoms with van der Waals surface area (Å²) in [5.41, 5.74) is 1.34. The second-order valence-corrected chi connectivity index (χ2v) is 8.36. The van der Waals surface area contributed by atoms with Crippen LogP contribution < -0.4 is 5.14 Å². The maximum absolute atomic E-state index is 11.5. The molecule has 2 aromatic carbocycles. The van der Waals surface area contributed by atoms with Crippen molar-refractivity contribution in [3.63, 3.8) is 0 Å². The molecule has 0 aromatic heterocycles. The van der Waals surface area contributed by atoms with Gasteiger partial charge in [-0.1, -0.05) is 35.9 Å². The molecule has 0 saturated carbocycles. The van der Waals surface area contributed by atoms with Crippen molar-refractivity contribution < 1.29 is 18.3 Å². The molecule has 3 N–H and O–H groups in total. The van der Waals surface area contributed by atoms with E-state index in [1.165, 1.54) is 12.1 Å². The van der Waals surface area contributed by atoms with Crippen LogP contribution in [0.5, 0.6) is 0 Å². The first-order chi connectivity index (χ1) is 13.3. The molecule has 10 heteroatoms. The van der Waals surface area contributed by atoms with Gasteiger partial charge in [0.05, 0.1) is 17.2 Å². The molecule has 0 saturated heterocycles. The minimum absolute atomic E-state index is 0. The number of aliphatic hydroxyl groups is 1.